The fourth-order valence-corrected chi connectivity index (χ4v) is 5.28. The van der Waals surface area contributed by atoms with Crippen molar-refractivity contribution in [3.63, 3.8) is 0 Å². The summed E-state index contributed by atoms with van der Waals surface area (Å²) in [6.07, 6.45) is 39.7. The molecular weight excluding hydrogens is 650 g/mol. The van der Waals surface area contributed by atoms with E-state index in [1.165, 1.54) is 167 Å². The maximum absolute atomic E-state index is 10.2. The van der Waals surface area contributed by atoms with Crippen LogP contribution in [0.1, 0.15) is 219 Å². The molecule has 0 atom stereocenters. The normalized spacial score (nSPS) is 10.3. The number of hydrogen-bond donors (Lipinski definition) is 0. The van der Waals surface area contributed by atoms with Gasteiger partial charge < -0.3 is 25.3 Å². The van der Waals surface area contributed by atoms with Crippen molar-refractivity contribution in [2.24, 2.45) is 0 Å². The first-order valence-corrected chi connectivity index (χ1v) is 17.9. The first-order chi connectivity index (χ1) is 19.5. The summed E-state index contributed by atoms with van der Waals surface area (Å²) < 4.78 is 0. The van der Waals surface area contributed by atoms with Crippen molar-refractivity contribution in [3.8, 4) is 0 Å². The van der Waals surface area contributed by atoms with Crippen LogP contribution in [0.5, 0.6) is 0 Å². The summed E-state index contributed by atoms with van der Waals surface area (Å²) >= 11 is 0. The molecule has 0 amide bonds. The Balaban J connectivity index is -0.000000328. The zero-order valence-corrected chi connectivity index (χ0v) is 32.9. The predicted molar refractivity (Wildman–Crippen MR) is 178 cm³/mol. The largest absolute Gasteiger partial charge is 2.00 e. The number of unbranched alkanes of at least 4 members (excludes halogenated alkanes) is 28. The van der Waals surface area contributed by atoms with E-state index in [4.69, 9.17) is 0 Å². The minimum Gasteiger partial charge on any atom is -0.550 e. The van der Waals surface area contributed by atoms with E-state index in [0.717, 1.165) is 25.7 Å². The van der Waals surface area contributed by atoms with Gasteiger partial charge in [-0.15, -0.1) is 0 Å². The van der Waals surface area contributed by atoms with Crippen LogP contribution in [0.2, 0.25) is 0 Å². The van der Waals surface area contributed by atoms with Gasteiger partial charge in [-0.3, -0.25) is 0 Å². The van der Waals surface area contributed by atoms with Crippen LogP contribution in [0.3, 0.4) is 0 Å². The van der Waals surface area contributed by atoms with Gasteiger partial charge in [0.1, 0.15) is 0 Å². The van der Waals surface area contributed by atoms with Gasteiger partial charge in [0, 0.05) is 11.9 Å². The van der Waals surface area contributed by atoms with E-state index in [9.17, 15) is 19.8 Å². The van der Waals surface area contributed by atoms with Gasteiger partial charge in [0.2, 0.25) is 0 Å². The third-order valence-corrected chi connectivity index (χ3v) is 7.97. The molecule has 0 aliphatic heterocycles. The minimum absolute atomic E-state index is 0. The topological polar surface area (TPSA) is 112 Å². The fraction of sp³-hybridized carbons (Fsp3) is 0.944. The number of carbonyl (C=O) groups excluding carboxylic acids is 2. The van der Waals surface area contributed by atoms with E-state index in [1.54, 1.807) is 0 Å². The Morgan fingerprint density at radius 2 is 0.476 bits per heavy atom. The molecule has 0 spiro atoms. The summed E-state index contributed by atoms with van der Waals surface area (Å²) in [6, 6.07) is 0. The molecule has 0 saturated carbocycles. The fourth-order valence-electron chi connectivity index (χ4n) is 5.28. The SMILES string of the molecule is CCCCCCCCCCCCCCCCCC(=O)[O-].CCCCCCCCCCCCCCCCCC(=O)[O-].O.[Ba+2]. The maximum atomic E-state index is 10.2. The summed E-state index contributed by atoms with van der Waals surface area (Å²) in [6.45, 7) is 4.53. The maximum Gasteiger partial charge on any atom is 2.00 e. The molecule has 0 fully saturated rings. The monoisotopic (exact) mass is 722 g/mol. The third-order valence-electron chi connectivity index (χ3n) is 7.97. The number of carbonyl (C=O) groups is 2. The van der Waals surface area contributed by atoms with Crippen molar-refractivity contribution in [1.82, 2.24) is 0 Å². The second-order valence-electron chi connectivity index (χ2n) is 12.1. The van der Waals surface area contributed by atoms with Crippen LogP contribution < -0.4 is 10.2 Å². The molecular formula is C36H72BaO5. The zero-order chi connectivity index (χ0) is 29.8. The van der Waals surface area contributed by atoms with Crippen LogP contribution >= 0.6 is 0 Å². The molecule has 0 aromatic rings. The minimum atomic E-state index is -0.903. The molecule has 0 saturated heterocycles. The van der Waals surface area contributed by atoms with E-state index in [2.05, 4.69) is 13.8 Å². The number of carboxylic acids is 2. The quantitative estimate of drug-likeness (QED) is 0.0511. The van der Waals surface area contributed by atoms with Gasteiger partial charge in [-0.1, -0.05) is 194 Å². The molecule has 0 rings (SSSR count). The standard InChI is InChI=1S/2C18H36O2.Ba.H2O/c2*1-2-3-4-5-6-7-8-9-10-11-12-13-14-15-16-17-18(19)20;;/h2*2-17H2,1H3,(H,19,20);;1H2/q;;+2;/p-2. The molecule has 0 aliphatic carbocycles. The average molecular weight is 722 g/mol. The van der Waals surface area contributed by atoms with Gasteiger partial charge in [0.15, 0.2) is 0 Å². The second-order valence-corrected chi connectivity index (χ2v) is 12.1. The Kier molecular flexibility index (Phi) is 53.9. The van der Waals surface area contributed by atoms with Crippen molar-refractivity contribution in [2.45, 2.75) is 219 Å². The number of rotatable bonds is 32. The second kappa shape index (κ2) is 45.9. The van der Waals surface area contributed by atoms with Gasteiger partial charge in [-0.2, -0.15) is 0 Å². The van der Waals surface area contributed by atoms with Crippen LogP contribution in [-0.2, 0) is 9.59 Å². The Labute approximate surface area is 302 Å². The van der Waals surface area contributed by atoms with E-state index < -0.39 is 11.9 Å². The molecule has 2 N–H and O–H groups in total. The third kappa shape index (κ3) is 53.1. The van der Waals surface area contributed by atoms with E-state index in [1.807, 2.05) is 0 Å². The van der Waals surface area contributed by atoms with Crippen LogP contribution in [-0.4, -0.2) is 66.3 Å². The summed E-state index contributed by atoms with van der Waals surface area (Å²) in [4.78, 5) is 20.4. The van der Waals surface area contributed by atoms with Crippen LogP contribution in [0, 0.1) is 0 Å². The average Bonchev–Trinajstić information content (AvgIpc) is 2.93. The van der Waals surface area contributed by atoms with Gasteiger partial charge >= 0.3 is 48.9 Å². The van der Waals surface area contributed by atoms with E-state index >= 15 is 0 Å². The molecule has 6 heteroatoms. The number of hydrogen-bond acceptors (Lipinski definition) is 4. The van der Waals surface area contributed by atoms with Gasteiger partial charge in [-0.05, 0) is 25.7 Å². The summed E-state index contributed by atoms with van der Waals surface area (Å²) in [5, 5.41) is 20.4. The first-order valence-electron chi connectivity index (χ1n) is 17.9. The molecule has 0 heterocycles. The van der Waals surface area contributed by atoms with Crippen molar-refractivity contribution in [2.75, 3.05) is 0 Å². The summed E-state index contributed by atoms with van der Waals surface area (Å²) in [5.74, 6) is -1.81. The number of carboxylic acid groups (broad SMARTS) is 2. The van der Waals surface area contributed by atoms with Crippen LogP contribution in [0.25, 0.3) is 0 Å². The molecule has 0 radical (unpaired) electrons. The molecule has 248 valence electrons. The molecule has 5 nitrogen and oxygen atoms in total. The molecule has 0 bridgehead atoms. The Morgan fingerprint density at radius 1 is 0.333 bits per heavy atom. The Hall–Kier alpha value is 0.471. The van der Waals surface area contributed by atoms with Gasteiger partial charge in [0.25, 0.3) is 0 Å². The molecule has 0 aromatic heterocycles. The van der Waals surface area contributed by atoms with Crippen LogP contribution in [0.4, 0.5) is 0 Å². The Bertz CT molecular complexity index is 457. The molecule has 42 heavy (non-hydrogen) atoms. The van der Waals surface area contributed by atoms with Gasteiger partial charge in [0.05, 0.1) is 0 Å². The molecule has 0 aromatic carbocycles. The van der Waals surface area contributed by atoms with Gasteiger partial charge in [-0.25, -0.2) is 0 Å². The Morgan fingerprint density at radius 3 is 0.619 bits per heavy atom. The van der Waals surface area contributed by atoms with Crippen molar-refractivity contribution in [1.29, 1.82) is 0 Å². The molecule has 0 unspecified atom stereocenters. The first kappa shape index (κ1) is 49.4. The summed E-state index contributed by atoms with van der Waals surface area (Å²) in [7, 11) is 0. The molecule has 0 aliphatic rings. The smallest absolute Gasteiger partial charge is 0.550 e. The van der Waals surface area contributed by atoms with E-state index in [0.29, 0.717) is 0 Å². The van der Waals surface area contributed by atoms with Crippen molar-refractivity contribution < 1.29 is 25.3 Å². The van der Waals surface area contributed by atoms with Crippen molar-refractivity contribution in [3.05, 3.63) is 0 Å². The zero-order valence-electron chi connectivity index (χ0n) is 28.5. The van der Waals surface area contributed by atoms with Crippen LogP contribution in [0.15, 0.2) is 0 Å². The summed E-state index contributed by atoms with van der Waals surface area (Å²) in [5.41, 5.74) is 0. The van der Waals surface area contributed by atoms with E-state index in [-0.39, 0.29) is 67.2 Å². The number of aliphatic carboxylic acids is 2. The predicted octanol–water partition coefficient (Wildman–Crippen LogP) is 8.79. The van der Waals surface area contributed by atoms with Crippen molar-refractivity contribution >= 4 is 60.8 Å².